The zero-order chi connectivity index (χ0) is 17.8. The second kappa shape index (κ2) is 7.71. The Kier molecular flexibility index (Phi) is 5.40. The van der Waals surface area contributed by atoms with Gasteiger partial charge in [-0.15, -0.1) is 11.3 Å². The van der Waals surface area contributed by atoms with Crippen LogP contribution in [0, 0.1) is 25.2 Å². The molecular formula is C20H22N2O2S. The molecule has 0 bridgehead atoms. The Hall–Kier alpha value is -2.32. The molecule has 2 aromatic rings. The third-order valence-electron chi connectivity index (χ3n) is 4.61. The molecule has 5 heteroatoms. The number of fused-ring (bicyclic) bond motifs is 1. The van der Waals surface area contributed by atoms with E-state index in [0.29, 0.717) is 17.2 Å². The highest BCUT2D eigenvalue weighted by atomic mass is 32.1. The summed E-state index contributed by atoms with van der Waals surface area (Å²) in [6, 6.07) is 8.18. The lowest BCUT2D eigenvalue weighted by molar-refractivity contribution is -0.116. The SMILES string of the molecule is Cc1ccc(OCCC(=O)Nc2sc3c(c2C#N)CCCC3)cc1C. The van der Waals surface area contributed by atoms with E-state index in [0.717, 1.165) is 37.0 Å². The number of benzene rings is 1. The van der Waals surface area contributed by atoms with Gasteiger partial charge >= 0.3 is 0 Å². The van der Waals surface area contributed by atoms with Gasteiger partial charge in [0, 0.05) is 4.88 Å². The first-order chi connectivity index (χ1) is 12.1. The number of carbonyl (C=O) groups is 1. The molecule has 0 unspecified atom stereocenters. The lowest BCUT2D eigenvalue weighted by Crippen LogP contribution is -2.15. The molecule has 1 N–H and O–H groups in total. The molecule has 1 aliphatic rings. The van der Waals surface area contributed by atoms with E-state index in [-0.39, 0.29) is 12.3 Å². The number of ether oxygens (including phenoxy) is 1. The second-order valence-corrected chi connectivity index (χ2v) is 7.52. The molecule has 130 valence electrons. The van der Waals surface area contributed by atoms with Gasteiger partial charge in [0.25, 0.3) is 0 Å². The molecule has 0 fully saturated rings. The van der Waals surface area contributed by atoms with Crippen molar-refractivity contribution < 1.29 is 9.53 Å². The summed E-state index contributed by atoms with van der Waals surface area (Å²) in [6.45, 7) is 4.41. The Morgan fingerprint density at radius 3 is 2.84 bits per heavy atom. The number of nitrogens with one attached hydrogen (secondary N) is 1. The van der Waals surface area contributed by atoms with Crippen molar-refractivity contribution in [3.05, 3.63) is 45.3 Å². The molecule has 0 atom stereocenters. The van der Waals surface area contributed by atoms with Gasteiger partial charge in [-0.1, -0.05) is 6.07 Å². The van der Waals surface area contributed by atoms with Gasteiger partial charge in [-0.3, -0.25) is 4.79 Å². The predicted octanol–water partition coefficient (Wildman–Crippen LogP) is 4.52. The van der Waals surface area contributed by atoms with Gasteiger partial charge in [-0.2, -0.15) is 5.26 Å². The normalized spacial score (nSPS) is 13.0. The van der Waals surface area contributed by atoms with E-state index in [1.807, 2.05) is 25.1 Å². The summed E-state index contributed by atoms with van der Waals surface area (Å²) >= 11 is 1.55. The minimum absolute atomic E-state index is 0.112. The lowest BCUT2D eigenvalue weighted by atomic mass is 9.96. The number of nitrogens with zero attached hydrogens (tertiary/aromatic N) is 1. The molecule has 0 spiro atoms. The van der Waals surface area contributed by atoms with E-state index in [4.69, 9.17) is 4.74 Å². The van der Waals surface area contributed by atoms with E-state index in [2.05, 4.69) is 18.3 Å². The third kappa shape index (κ3) is 4.02. The van der Waals surface area contributed by atoms with Crippen molar-refractivity contribution in [3.8, 4) is 11.8 Å². The first kappa shape index (κ1) is 17.5. The number of hydrogen-bond donors (Lipinski definition) is 1. The van der Waals surface area contributed by atoms with Crippen LogP contribution in [0.2, 0.25) is 0 Å². The molecule has 0 aliphatic heterocycles. The standard InChI is InChI=1S/C20H22N2O2S/c1-13-7-8-15(11-14(13)2)24-10-9-19(23)22-20-17(12-21)16-5-3-4-6-18(16)25-20/h7-8,11H,3-6,9-10H2,1-2H3,(H,22,23). The zero-order valence-corrected chi connectivity index (χ0v) is 15.5. The summed E-state index contributed by atoms with van der Waals surface area (Å²) in [5, 5.41) is 13.0. The average Bonchev–Trinajstić information content (AvgIpc) is 2.95. The summed E-state index contributed by atoms with van der Waals surface area (Å²) in [5.74, 6) is 0.666. The van der Waals surface area contributed by atoms with Gasteiger partial charge in [-0.25, -0.2) is 0 Å². The summed E-state index contributed by atoms with van der Waals surface area (Å²) in [5.41, 5.74) is 4.18. The largest absolute Gasteiger partial charge is 0.493 e. The highest BCUT2D eigenvalue weighted by Gasteiger charge is 2.21. The van der Waals surface area contributed by atoms with Gasteiger partial charge in [0.15, 0.2) is 0 Å². The van der Waals surface area contributed by atoms with E-state index < -0.39 is 0 Å². The van der Waals surface area contributed by atoms with Crippen molar-refractivity contribution in [3.63, 3.8) is 0 Å². The summed E-state index contributed by atoms with van der Waals surface area (Å²) in [7, 11) is 0. The van der Waals surface area contributed by atoms with Crippen LogP contribution in [0.4, 0.5) is 5.00 Å². The van der Waals surface area contributed by atoms with Crippen molar-refractivity contribution >= 4 is 22.2 Å². The smallest absolute Gasteiger partial charge is 0.228 e. The molecule has 0 saturated heterocycles. The Morgan fingerprint density at radius 2 is 2.08 bits per heavy atom. The summed E-state index contributed by atoms with van der Waals surface area (Å²) in [6.07, 6.45) is 4.51. The van der Waals surface area contributed by atoms with Crippen molar-refractivity contribution in [1.82, 2.24) is 0 Å². The topological polar surface area (TPSA) is 62.1 Å². The van der Waals surface area contributed by atoms with Crippen LogP contribution >= 0.6 is 11.3 Å². The highest BCUT2D eigenvalue weighted by Crippen LogP contribution is 2.37. The molecule has 4 nitrogen and oxygen atoms in total. The van der Waals surface area contributed by atoms with Crippen molar-refractivity contribution in [1.29, 1.82) is 5.26 Å². The first-order valence-electron chi connectivity index (χ1n) is 8.63. The average molecular weight is 354 g/mol. The van der Waals surface area contributed by atoms with E-state index in [1.165, 1.54) is 16.0 Å². The van der Waals surface area contributed by atoms with Gasteiger partial charge < -0.3 is 10.1 Å². The second-order valence-electron chi connectivity index (χ2n) is 6.42. The van der Waals surface area contributed by atoms with E-state index in [9.17, 15) is 10.1 Å². The quantitative estimate of drug-likeness (QED) is 0.858. The predicted molar refractivity (Wildman–Crippen MR) is 100 cm³/mol. The minimum Gasteiger partial charge on any atom is -0.493 e. The van der Waals surface area contributed by atoms with Crippen molar-refractivity contribution in [2.45, 2.75) is 46.0 Å². The van der Waals surface area contributed by atoms with Crippen LogP contribution < -0.4 is 10.1 Å². The first-order valence-corrected chi connectivity index (χ1v) is 9.44. The van der Waals surface area contributed by atoms with Gasteiger partial charge in [-0.05, 0) is 68.4 Å². The fraction of sp³-hybridized carbons (Fsp3) is 0.400. The number of hydrogen-bond acceptors (Lipinski definition) is 4. The molecule has 0 radical (unpaired) electrons. The highest BCUT2D eigenvalue weighted by molar-refractivity contribution is 7.16. The number of aryl methyl sites for hydroxylation is 3. The number of amides is 1. The number of carbonyl (C=O) groups excluding carboxylic acids is 1. The molecule has 1 aromatic carbocycles. The maximum absolute atomic E-state index is 12.2. The maximum Gasteiger partial charge on any atom is 0.228 e. The maximum atomic E-state index is 12.2. The molecule has 25 heavy (non-hydrogen) atoms. The van der Waals surface area contributed by atoms with E-state index >= 15 is 0 Å². The van der Waals surface area contributed by atoms with Crippen molar-refractivity contribution in [2.24, 2.45) is 0 Å². The number of thiophene rings is 1. The van der Waals surface area contributed by atoms with Crippen LogP contribution in [0.25, 0.3) is 0 Å². The zero-order valence-electron chi connectivity index (χ0n) is 14.6. The molecule has 1 heterocycles. The van der Waals surface area contributed by atoms with E-state index in [1.54, 1.807) is 11.3 Å². The van der Waals surface area contributed by atoms with Gasteiger partial charge in [0.2, 0.25) is 5.91 Å². The minimum atomic E-state index is -0.112. The Balaban J connectivity index is 1.57. The molecule has 1 aromatic heterocycles. The fourth-order valence-electron chi connectivity index (χ4n) is 3.03. The molecule has 1 amide bonds. The molecular weight excluding hydrogens is 332 g/mol. The van der Waals surface area contributed by atoms with Crippen LogP contribution in [0.1, 0.15) is 46.4 Å². The van der Waals surface area contributed by atoms with Crippen LogP contribution in [-0.2, 0) is 17.6 Å². The number of rotatable bonds is 5. The van der Waals surface area contributed by atoms with Crippen molar-refractivity contribution in [2.75, 3.05) is 11.9 Å². The third-order valence-corrected chi connectivity index (χ3v) is 5.82. The molecule has 1 aliphatic carbocycles. The number of nitriles is 1. The Labute approximate surface area is 152 Å². The Morgan fingerprint density at radius 1 is 1.28 bits per heavy atom. The van der Waals surface area contributed by atoms with Crippen LogP contribution in [0.15, 0.2) is 18.2 Å². The van der Waals surface area contributed by atoms with Gasteiger partial charge in [0.1, 0.15) is 16.8 Å². The van der Waals surface area contributed by atoms with Crippen LogP contribution in [-0.4, -0.2) is 12.5 Å². The lowest BCUT2D eigenvalue weighted by Gasteiger charge is -2.09. The summed E-state index contributed by atoms with van der Waals surface area (Å²) in [4.78, 5) is 13.5. The van der Waals surface area contributed by atoms with Crippen LogP contribution in [0.5, 0.6) is 5.75 Å². The molecule has 0 saturated carbocycles. The Bertz CT molecular complexity index is 833. The van der Waals surface area contributed by atoms with Crippen LogP contribution in [0.3, 0.4) is 0 Å². The number of anilines is 1. The van der Waals surface area contributed by atoms with Gasteiger partial charge in [0.05, 0.1) is 18.6 Å². The monoisotopic (exact) mass is 354 g/mol. The summed E-state index contributed by atoms with van der Waals surface area (Å²) < 4.78 is 5.67. The fourth-order valence-corrected chi connectivity index (χ4v) is 4.28. The molecule has 3 rings (SSSR count).